The SMILES string of the molecule is CCCCCCCCCCCCCCCCCOCC[C@H](COP(=O)(O)OC[C@]1(C#N)CC[C@H](c2ccc3c(N)ncnn23)O1)OCc1cc(F)cc(C#N)c1. The Morgan fingerprint density at radius 1 is 1.00 bits per heavy atom. The summed E-state index contributed by atoms with van der Waals surface area (Å²) in [7, 11) is -4.67. The fourth-order valence-corrected chi connectivity index (χ4v) is 7.72. The molecule has 2 aromatic heterocycles. The largest absolute Gasteiger partial charge is 0.472 e. The first-order valence-electron chi connectivity index (χ1n) is 20.4. The number of phosphoric ester groups is 1. The number of nitrogens with zero attached hydrogens (tertiary/aromatic N) is 5. The van der Waals surface area contributed by atoms with Gasteiger partial charge in [-0.15, -0.1) is 0 Å². The number of nitrogens with two attached hydrogens (primary N) is 1. The highest BCUT2D eigenvalue weighted by Gasteiger charge is 2.44. The molecule has 1 unspecified atom stereocenters. The molecular weight excluding hydrogens is 738 g/mol. The van der Waals surface area contributed by atoms with Gasteiger partial charge in [-0.3, -0.25) is 9.05 Å². The number of phosphoric acid groups is 1. The Bertz CT molecular complexity index is 1750. The molecule has 4 rings (SSSR count). The molecule has 1 saturated heterocycles. The highest BCUT2D eigenvalue weighted by atomic mass is 31.2. The third-order valence-electron chi connectivity index (χ3n) is 10.2. The first kappa shape index (κ1) is 45.2. The Kier molecular flexibility index (Phi) is 19.7. The molecule has 15 heteroatoms. The van der Waals surface area contributed by atoms with Gasteiger partial charge >= 0.3 is 7.82 Å². The third-order valence-corrected chi connectivity index (χ3v) is 11.1. The average molecular weight is 799 g/mol. The van der Waals surface area contributed by atoms with E-state index in [2.05, 4.69) is 23.1 Å². The Morgan fingerprint density at radius 2 is 1.68 bits per heavy atom. The van der Waals surface area contributed by atoms with Crippen LogP contribution in [-0.4, -0.2) is 57.6 Å². The van der Waals surface area contributed by atoms with Crippen molar-refractivity contribution in [1.29, 1.82) is 10.5 Å². The lowest BCUT2D eigenvalue weighted by Gasteiger charge is -2.24. The van der Waals surface area contributed by atoms with Gasteiger partial charge in [0.2, 0.25) is 0 Å². The van der Waals surface area contributed by atoms with E-state index in [9.17, 15) is 24.4 Å². The van der Waals surface area contributed by atoms with E-state index in [0.717, 1.165) is 18.9 Å². The van der Waals surface area contributed by atoms with Crippen molar-refractivity contribution in [2.24, 2.45) is 0 Å². The van der Waals surface area contributed by atoms with Crippen LogP contribution < -0.4 is 5.73 Å². The van der Waals surface area contributed by atoms with Crippen LogP contribution >= 0.6 is 7.82 Å². The number of benzene rings is 1. The van der Waals surface area contributed by atoms with Gasteiger partial charge in [0.15, 0.2) is 11.4 Å². The highest BCUT2D eigenvalue weighted by molar-refractivity contribution is 7.47. The van der Waals surface area contributed by atoms with Crippen LogP contribution in [0.2, 0.25) is 0 Å². The number of nitriles is 2. The number of anilines is 1. The van der Waals surface area contributed by atoms with Gasteiger partial charge in [-0.05, 0) is 61.6 Å². The number of nitrogen functional groups attached to an aromatic ring is 1. The van der Waals surface area contributed by atoms with Gasteiger partial charge in [-0.1, -0.05) is 96.8 Å². The monoisotopic (exact) mass is 798 g/mol. The number of rotatable bonds is 29. The first-order valence-corrected chi connectivity index (χ1v) is 21.8. The van der Waals surface area contributed by atoms with Crippen LogP contribution in [0, 0.1) is 28.5 Å². The molecule has 308 valence electrons. The van der Waals surface area contributed by atoms with Crippen molar-refractivity contribution in [2.75, 3.05) is 32.2 Å². The summed E-state index contributed by atoms with van der Waals surface area (Å²) in [5.41, 5.74) is 6.30. The Hall–Kier alpha value is -3.46. The van der Waals surface area contributed by atoms with Gasteiger partial charge in [0, 0.05) is 13.2 Å². The van der Waals surface area contributed by atoms with Crippen molar-refractivity contribution < 1.29 is 37.1 Å². The Balaban J connectivity index is 1.17. The minimum absolute atomic E-state index is 0.0616. The van der Waals surface area contributed by atoms with Crippen LogP contribution in [0.25, 0.3) is 5.52 Å². The zero-order valence-corrected chi connectivity index (χ0v) is 33.8. The number of unbranched alkanes of at least 4 members (excludes halogenated alkanes) is 14. The van der Waals surface area contributed by atoms with Crippen molar-refractivity contribution >= 4 is 19.2 Å². The number of halogens is 1. The van der Waals surface area contributed by atoms with Gasteiger partial charge in [-0.2, -0.15) is 15.6 Å². The molecule has 0 amide bonds. The van der Waals surface area contributed by atoms with Crippen LogP contribution in [0.15, 0.2) is 36.7 Å². The van der Waals surface area contributed by atoms with E-state index in [1.54, 1.807) is 16.6 Å². The van der Waals surface area contributed by atoms with E-state index in [0.29, 0.717) is 48.6 Å². The molecule has 3 N–H and O–H groups in total. The van der Waals surface area contributed by atoms with Crippen molar-refractivity contribution in [3.05, 3.63) is 59.3 Å². The second-order valence-corrected chi connectivity index (χ2v) is 16.2. The lowest BCUT2D eigenvalue weighted by atomic mass is 10.0. The number of fused-ring (bicyclic) bond motifs is 1. The third kappa shape index (κ3) is 15.5. The smallest absolute Gasteiger partial charge is 0.382 e. The summed E-state index contributed by atoms with van der Waals surface area (Å²) in [4.78, 5) is 14.6. The second kappa shape index (κ2) is 24.3. The molecule has 3 heterocycles. The van der Waals surface area contributed by atoms with Crippen molar-refractivity contribution in [1.82, 2.24) is 14.6 Å². The summed E-state index contributed by atoms with van der Waals surface area (Å²) in [5, 5.41) is 23.5. The zero-order chi connectivity index (χ0) is 40.1. The van der Waals surface area contributed by atoms with Crippen LogP contribution in [0.1, 0.15) is 145 Å². The molecule has 0 spiro atoms. The maximum absolute atomic E-state index is 14.1. The average Bonchev–Trinajstić information content (AvgIpc) is 3.83. The topological polar surface area (TPSA) is 187 Å². The lowest BCUT2D eigenvalue weighted by Crippen LogP contribution is -2.32. The maximum Gasteiger partial charge on any atom is 0.472 e. The number of ether oxygens (including phenoxy) is 3. The number of aromatic nitrogens is 3. The maximum atomic E-state index is 14.1. The predicted octanol–water partition coefficient (Wildman–Crippen LogP) is 9.43. The van der Waals surface area contributed by atoms with Gasteiger partial charge in [-0.25, -0.2) is 18.5 Å². The minimum Gasteiger partial charge on any atom is -0.382 e. The molecule has 0 aliphatic carbocycles. The zero-order valence-electron chi connectivity index (χ0n) is 32.9. The molecule has 0 radical (unpaired) electrons. The molecule has 0 bridgehead atoms. The van der Waals surface area contributed by atoms with Crippen LogP contribution in [0.4, 0.5) is 10.2 Å². The molecule has 1 aromatic carbocycles. The molecule has 1 fully saturated rings. The van der Waals surface area contributed by atoms with Crippen LogP contribution in [-0.2, 0) is 34.4 Å². The molecule has 1 aliphatic heterocycles. The highest BCUT2D eigenvalue weighted by Crippen LogP contribution is 2.47. The van der Waals surface area contributed by atoms with E-state index < -0.39 is 38.1 Å². The summed E-state index contributed by atoms with van der Waals surface area (Å²) >= 11 is 0. The normalized spacial score (nSPS) is 18.5. The standard InChI is InChI=1S/C41H60FN6O7P/c1-2-3-4-5-6-7-8-9-10-11-12-13-14-15-16-22-51-23-20-36(52-28-34-24-33(27-43)25-35(42)26-34)29-53-56(49,50)54-31-41(30-44)21-19-39(55-41)37-17-18-38-40(45)46-32-47-48(37)38/h17-18,24-26,32,36,39H,2-16,19-23,28-29,31H2,1H3,(H,49,50)(H2,45,46,47)/t36-,39-,41-/m1/s1. The molecule has 1 aliphatic rings. The van der Waals surface area contributed by atoms with Crippen LogP contribution in [0.5, 0.6) is 0 Å². The lowest BCUT2D eigenvalue weighted by molar-refractivity contribution is -0.0469. The van der Waals surface area contributed by atoms with Crippen molar-refractivity contribution in [3.63, 3.8) is 0 Å². The van der Waals surface area contributed by atoms with E-state index in [1.807, 2.05) is 6.07 Å². The first-order chi connectivity index (χ1) is 27.2. The fraction of sp³-hybridized carbons (Fsp3) is 0.659. The van der Waals surface area contributed by atoms with Gasteiger partial charge in [0.05, 0.1) is 36.6 Å². The second-order valence-electron chi connectivity index (χ2n) is 14.7. The molecule has 4 atom stereocenters. The minimum atomic E-state index is -4.67. The summed E-state index contributed by atoms with van der Waals surface area (Å²) in [6, 6.07) is 11.5. The van der Waals surface area contributed by atoms with Crippen molar-refractivity contribution in [3.8, 4) is 12.1 Å². The Morgan fingerprint density at radius 3 is 2.34 bits per heavy atom. The van der Waals surface area contributed by atoms with Crippen LogP contribution in [0.3, 0.4) is 0 Å². The molecule has 3 aromatic rings. The molecule has 56 heavy (non-hydrogen) atoms. The van der Waals surface area contributed by atoms with Gasteiger partial charge in [0.25, 0.3) is 0 Å². The number of hydrogen-bond donors (Lipinski definition) is 2. The molecule has 0 saturated carbocycles. The van der Waals surface area contributed by atoms with E-state index >= 15 is 0 Å². The summed E-state index contributed by atoms with van der Waals surface area (Å²) in [6.45, 7) is 2.24. The van der Waals surface area contributed by atoms with Crippen molar-refractivity contribution in [2.45, 2.75) is 147 Å². The number of hydrogen-bond acceptors (Lipinski definition) is 11. The predicted molar refractivity (Wildman–Crippen MR) is 211 cm³/mol. The summed E-state index contributed by atoms with van der Waals surface area (Å²) < 4.78 is 57.2. The van der Waals surface area contributed by atoms with E-state index in [-0.39, 0.29) is 25.2 Å². The summed E-state index contributed by atoms with van der Waals surface area (Å²) in [6.07, 6.45) is 20.3. The van der Waals surface area contributed by atoms with E-state index in [4.69, 9.17) is 29.0 Å². The summed E-state index contributed by atoms with van der Waals surface area (Å²) in [5.74, 6) is -0.268. The molecular formula is C41H60FN6O7P. The van der Waals surface area contributed by atoms with E-state index in [1.165, 1.54) is 102 Å². The van der Waals surface area contributed by atoms with Gasteiger partial charge in [0.1, 0.15) is 36.4 Å². The van der Waals surface area contributed by atoms with Gasteiger partial charge < -0.3 is 24.8 Å². The molecule has 13 nitrogen and oxygen atoms in total. The quantitative estimate of drug-likeness (QED) is 0.0501. The fourth-order valence-electron chi connectivity index (χ4n) is 6.92. The Labute approximate surface area is 331 Å².